The van der Waals surface area contributed by atoms with Crippen LogP contribution >= 0.6 is 0 Å². The van der Waals surface area contributed by atoms with E-state index in [0.29, 0.717) is 17.2 Å². The van der Waals surface area contributed by atoms with Crippen LogP contribution in [0.3, 0.4) is 0 Å². The summed E-state index contributed by atoms with van der Waals surface area (Å²) < 4.78 is 1.74. The lowest BCUT2D eigenvalue weighted by Gasteiger charge is -2.06. The van der Waals surface area contributed by atoms with Crippen LogP contribution in [-0.2, 0) is 0 Å². The second kappa shape index (κ2) is 4.30. The van der Waals surface area contributed by atoms with Crippen LogP contribution in [0.2, 0.25) is 0 Å². The fourth-order valence-corrected chi connectivity index (χ4v) is 1.61. The van der Waals surface area contributed by atoms with Gasteiger partial charge in [0.05, 0.1) is 28.7 Å². The topological polar surface area (TPSA) is 67.6 Å². The maximum atomic E-state index is 8.77. The minimum Gasteiger partial charge on any atom is -0.397 e. The molecule has 2 aromatic rings. The second-order valence-corrected chi connectivity index (χ2v) is 4.23. The van der Waals surface area contributed by atoms with Gasteiger partial charge in [-0.2, -0.15) is 10.4 Å². The maximum absolute atomic E-state index is 8.77. The molecule has 0 aliphatic carbocycles. The monoisotopic (exact) mass is 226 g/mol. The van der Waals surface area contributed by atoms with E-state index in [1.807, 2.05) is 18.3 Å². The Kier molecular flexibility index (Phi) is 2.84. The van der Waals surface area contributed by atoms with Crippen LogP contribution in [0.15, 0.2) is 30.5 Å². The first-order chi connectivity index (χ1) is 8.11. The van der Waals surface area contributed by atoms with E-state index in [2.05, 4.69) is 25.0 Å². The lowest BCUT2D eigenvalue weighted by Crippen LogP contribution is -2.01. The summed E-state index contributed by atoms with van der Waals surface area (Å²) in [4.78, 5) is 0. The number of nitriles is 1. The summed E-state index contributed by atoms with van der Waals surface area (Å²) in [5.74, 6) is 0.385. The number of benzene rings is 1. The van der Waals surface area contributed by atoms with Crippen molar-refractivity contribution < 1.29 is 0 Å². The fourth-order valence-electron chi connectivity index (χ4n) is 1.61. The molecule has 2 N–H and O–H groups in total. The summed E-state index contributed by atoms with van der Waals surface area (Å²) in [5, 5.41) is 13.2. The Morgan fingerprint density at radius 3 is 2.65 bits per heavy atom. The molecule has 17 heavy (non-hydrogen) atoms. The quantitative estimate of drug-likeness (QED) is 0.800. The lowest BCUT2D eigenvalue weighted by atomic mass is 10.1. The van der Waals surface area contributed by atoms with Crippen LogP contribution in [0.4, 0.5) is 5.69 Å². The van der Waals surface area contributed by atoms with E-state index in [0.717, 1.165) is 11.4 Å². The van der Waals surface area contributed by atoms with E-state index in [1.165, 1.54) is 0 Å². The average molecular weight is 226 g/mol. The Hall–Kier alpha value is -2.28. The van der Waals surface area contributed by atoms with Crippen LogP contribution in [-0.4, -0.2) is 9.78 Å². The van der Waals surface area contributed by atoms with E-state index in [1.54, 1.807) is 16.8 Å². The fraction of sp³-hybridized carbons (Fsp3) is 0.231. The Morgan fingerprint density at radius 2 is 2.12 bits per heavy atom. The molecular formula is C13H14N4. The van der Waals surface area contributed by atoms with Crippen LogP contribution in [0.5, 0.6) is 0 Å². The largest absolute Gasteiger partial charge is 0.397 e. The van der Waals surface area contributed by atoms with Gasteiger partial charge in [0.25, 0.3) is 0 Å². The van der Waals surface area contributed by atoms with Crippen LogP contribution in [0.1, 0.15) is 31.0 Å². The van der Waals surface area contributed by atoms with E-state index in [-0.39, 0.29) is 0 Å². The molecule has 0 bridgehead atoms. The SMILES string of the molecule is CC(C)c1ccn(-c2ccc(C#N)cc2N)n1. The summed E-state index contributed by atoms with van der Waals surface area (Å²) in [6.45, 7) is 4.18. The average Bonchev–Trinajstić information content (AvgIpc) is 2.78. The first-order valence-corrected chi connectivity index (χ1v) is 5.47. The Bertz CT molecular complexity index is 575. The Balaban J connectivity index is 2.43. The maximum Gasteiger partial charge on any atom is 0.0992 e. The summed E-state index contributed by atoms with van der Waals surface area (Å²) in [7, 11) is 0. The smallest absolute Gasteiger partial charge is 0.0992 e. The van der Waals surface area contributed by atoms with Gasteiger partial charge in [-0.15, -0.1) is 0 Å². The van der Waals surface area contributed by atoms with Gasteiger partial charge in [-0.25, -0.2) is 4.68 Å². The molecule has 0 aliphatic rings. The highest BCUT2D eigenvalue weighted by Gasteiger charge is 2.07. The standard InChI is InChI=1S/C13H14N4/c1-9(2)12-5-6-17(16-12)13-4-3-10(8-14)7-11(13)15/h3-7,9H,15H2,1-2H3. The zero-order valence-electron chi connectivity index (χ0n) is 9.88. The second-order valence-electron chi connectivity index (χ2n) is 4.23. The number of nitrogen functional groups attached to an aromatic ring is 1. The van der Waals surface area contributed by atoms with Gasteiger partial charge in [-0.1, -0.05) is 13.8 Å². The molecule has 0 spiro atoms. The van der Waals surface area contributed by atoms with Crippen molar-refractivity contribution in [2.75, 3.05) is 5.73 Å². The number of nitrogens with zero attached hydrogens (tertiary/aromatic N) is 3. The number of aromatic nitrogens is 2. The van der Waals surface area contributed by atoms with E-state index in [9.17, 15) is 0 Å². The van der Waals surface area contributed by atoms with E-state index in [4.69, 9.17) is 11.0 Å². The van der Waals surface area contributed by atoms with Crippen molar-refractivity contribution in [1.29, 1.82) is 5.26 Å². The van der Waals surface area contributed by atoms with Crippen molar-refractivity contribution in [2.45, 2.75) is 19.8 Å². The van der Waals surface area contributed by atoms with Crippen molar-refractivity contribution in [3.8, 4) is 11.8 Å². The summed E-state index contributed by atoms with van der Waals surface area (Å²) >= 11 is 0. The molecule has 1 aromatic heterocycles. The molecule has 0 radical (unpaired) electrons. The predicted octanol–water partition coefficient (Wildman–Crippen LogP) is 2.45. The summed E-state index contributed by atoms with van der Waals surface area (Å²) in [5.41, 5.74) is 8.84. The highest BCUT2D eigenvalue weighted by molar-refractivity contribution is 5.60. The molecule has 86 valence electrons. The predicted molar refractivity (Wildman–Crippen MR) is 66.8 cm³/mol. The van der Waals surface area contributed by atoms with Gasteiger partial charge in [-0.3, -0.25) is 0 Å². The van der Waals surface area contributed by atoms with Crippen molar-refractivity contribution >= 4 is 5.69 Å². The summed E-state index contributed by atoms with van der Waals surface area (Å²) in [6, 6.07) is 9.24. The molecule has 1 aromatic carbocycles. The number of nitrogens with two attached hydrogens (primary N) is 1. The van der Waals surface area contributed by atoms with Gasteiger partial charge in [-0.05, 0) is 30.2 Å². The Morgan fingerprint density at radius 1 is 1.35 bits per heavy atom. The third-order valence-electron chi connectivity index (χ3n) is 2.60. The molecule has 2 rings (SSSR count). The molecule has 0 saturated carbocycles. The minimum absolute atomic E-state index is 0.385. The number of hydrogen-bond donors (Lipinski definition) is 1. The van der Waals surface area contributed by atoms with Crippen molar-refractivity contribution in [3.05, 3.63) is 41.7 Å². The first-order valence-electron chi connectivity index (χ1n) is 5.47. The molecule has 4 heteroatoms. The molecule has 0 unspecified atom stereocenters. The van der Waals surface area contributed by atoms with Gasteiger partial charge in [0.2, 0.25) is 0 Å². The molecule has 0 fully saturated rings. The van der Waals surface area contributed by atoms with Gasteiger partial charge < -0.3 is 5.73 Å². The van der Waals surface area contributed by atoms with E-state index >= 15 is 0 Å². The van der Waals surface area contributed by atoms with Crippen LogP contribution in [0.25, 0.3) is 5.69 Å². The zero-order valence-corrected chi connectivity index (χ0v) is 9.88. The number of hydrogen-bond acceptors (Lipinski definition) is 3. The molecular weight excluding hydrogens is 212 g/mol. The molecule has 0 atom stereocenters. The van der Waals surface area contributed by atoms with Crippen LogP contribution < -0.4 is 5.73 Å². The van der Waals surface area contributed by atoms with Crippen molar-refractivity contribution in [3.63, 3.8) is 0 Å². The molecule has 0 amide bonds. The van der Waals surface area contributed by atoms with Crippen LogP contribution in [0, 0.1) is 11.3 Å². The van der Waals surface area contributed by atoms with Gasteiger partial charge in [0.1, 0.15) is 0 Å². The third-order valence-corrected chi connectivity index (χ3v) is 2.60. The highest BCUT2D eigenvalue weighted by atomic mass is 15.3. The van der Waals surface area contributed by atoms with Crippen molar-refractivity contribution in [1.82, 2.24) is 9.78 Å². The molecule has 1 heterocycles. The van der Waals surface area contributed by atoms with Gasteiger partial charge in [0, 0.05) is 6.20 Å². The lowest BCUT2D eigenvalue weighted by molar-refractivity contribution is 0.769. The normalized spacial score (nSPS) is 10.5. The van der Waals surface area contributed by atoms with Crippen molar-refractivity contribution in [2.24, 2.45) is 0 Å². The third kappa shape index (κ3) is 2.13. The van der Waals surface area contributed by atoms with E-state index < -0.39 is 0 Å². The van der Waals surface area contributed by atoms with Gasteiger partial charge >= 0.3 is 0 Å². The zero-order chi connectivity index (χ0) is 12.4. The van der Waals surface area contributed by atoms with Gasteiger partial charge in [0.15, 0.2) is 0 Å². The molecule has 0 saturated heterocycles. The number of anilines is 1. The first kappa shape index (κ1) is 11.2. The highest BCUT2D eigenvalue weighted by Crippen LogP contribution is 2.20. The molecule has 4 nitrogen and oxygen atoms in total. The number of rotatable bonds is 2. The summed E-state index contributed by atoms with van der Waals surface area (Å²) in [6.07, 6.45) is 1.88. The molecule has 0 aliphatic heterocycles. The minimum atomic E-state index is 0.385. The Labute approximate surface area is 100 Å².